The Labute approximate surface area is 117 Å². The second-order valence-corrected chi connectivity index (χ2v) is 4.68. The highest BCUT2D eigenvalue weighted by molar-refractivity contribution is 6.00. The Balaban J connectivity index is 1.98. The summed E-state index contributed by atoms with van der Waals surface area (Å²) in [5, 5.41) is 7.69. The van der Waals surface area contributed by atoms with Gasteiger partial charge in [0, 0.05) is 23.9 Å². The molecule has 1 aliphatic heterocycles. The van der Waals surface area contributed by atoms with E-state index in [0.717, 1.165) is 30.1 Å². The molecule has 0 saturated heterocycles. The van der Waals surface area contributed by atoms with Gasteiger partial charge in [0.2, 0.25) is 0 Å². The van der Waals surface area contributed by atoms with Crippen molar-refractivity contribution < 1.29 is 4.74 Å². The van der Waals surface area contributed by atoms with Gasteiger partial charge in [-0.25, -0.2) is 0 Å². The number of amidine groups is 1. The third-order valence-corrected chi connectivity index (χ3v) is 3.38. The van der Waals surface area contributed by atoms with Gasteiger partial charge in [0.25, 0.3) is 0 Å². The minimum atomic E-state index is 0.0563. The molecule has 0 atom stereocenters. The van der Waals surface area contributed by atoms with E-state index in [0.29, 0.717) is 12.2 Å². The van der Waals surface area contributed by atoms with E-state index < -0.39 is 0 Å². The van der Waals surface area contributed by atoms with Gasteiger partial charge < -0.3 is 15.4 Å². The molecule has 2 aromatic rings. The molecule has 0 fully saturated rings. The van der Waals surface area contributed by atoms with Crippen LogP contribution in [0.3, 0.4) is 0 Å². The molecule has 20 heavy (non-hydrogen) atoms. The summed E-state index contributed by atoms with van der Waals surface area (Å²) in [6, 6.07) is 9.78. The van der Waals surface area contributed by atoms with E-state index in [-0.39, 0.29) is 5.84 Å². The Morgan fingerprint density at radius 1 is 1.30 bits per heavy atom. The third-order valence-electron chi connectivity index (χ3n) is 3.38. The zero-order valence-electron chi connectivity index (χ0n) is 11.0. The number of pyridine rings is 1. The Morgan fingerprint density at radius 3 is 3.00 bits per heavy atom. The molecule has 0 saturated carbocycles. The number of anilines is 1. The second-order valence-electron chi connectivity index (χ2n) is 4.68. The van der Waals surface area contributed by atoms with Gasteiger partial charge in [-0.05, 0) is 12.1 Å². The number of hydrogen-bond acceptors (Lipinski definition) is 4. The monoisotopic (exact) mass is 268 g/mol. The molecule has 0 bridgehead atoms. The summed E-state index contributed by atoms with van der Waals surface area (Å²) in [4.78, 5) is 6.30. The van der Waals surface area contributed by atoms with E-state index in [9.17, 15) is 0 Å². The Morgan fingerprint density at radius 2 is 2.15 bits per heavy atom. The van der Waals surface area contributed by atoms with Crippen molar-refractivity contribution in [2.75, 3.05) is 18.1 Å². The summed E-state index contributed by atoms with van der Waals surface area (Å²) in [5.41, 5.74) is 8.36. The number of benzene rings is 1. The molecular formula is C15H16N4O. The molecule has 3 N–H and O–H groups in total. The lowest BCUT2D eigenvalue weighted by molar-refractivity contribution is 0.331. The molecule has 0 radical (unpaired) electrons. The molecule has 5 heteroatoms. The van der Waals surface area contributed by atoms with Gasteiger partial charge in [-0.2, -0.15) is 0 Å². The molecule has 1 aromatic heterocycles. The van der Waals surface area contributed by atoms with E-state index in [4.69, 9.17) is 15.9 Å². The molecule has 102 valence electrons. The lowest BCUT2D eigenvalue weighted by atomic mass is 10.1. The topological polar surface area (TPSA) is 75.2 Å². The lowest BCUT2D eigenvalue weighted by Gasteiger charge is -2.24. The molecule has 1 aromatic carbocycles. The maximum Gasteiger partial charge on any atom is 0.125 e. The van der Waals surface area contributed by atoms with Crippen LogP contribution in [0.15, 0.2) is 42.7 Å². The average molecular weight is 268 g/mol. The Kier molecular flexibility index (Phi) is 3.25. The van der Waals surface area contributed by atoms with Crippen LogP contribution in [0.25, 0.3) is 0 Å². The molecular weight excluding hydrogens is 252 g/mol. The largest absolute Gasteiger partial charge is 0.491 e. The highest BCUT2D eigenvalue weighted by Gasteiger charge is 2.18. The summed E-state index contributed by atoms with van der Waals surface area (Å²) in [6.45, 7) is 2.06. The van der Waals surface area contributed by atoms with Gasteiger partial charge in [0.05, 0.1) is 18.4 Å². The van der Waals surface area contributed by atoms with Crippen LogP contribution >= 0.6 is 0 Å². The molecule has 1 aliphatic rings. The average Bonchev–Trinajstić information content (AvgIpc) is 2.69. The fraction of sp³-hybridized carbons (Fsp3) is 0.200. The number of aromatic nitrogens is 1. The smallest absolute Gasteiger partial charge is 0.125 e. The number of para-hydroxylation sites is 1. The second kappa shape index (κ2) is 5.21. The van der Waals surface area contributed by atoms with E-state index in [1.165, 1.54) is 0 Å². The van der Waals surface area contributed by atoms with E-state index in [1.54, 1.807) is 18.5 Å². The summed E-state index contributed by atoms with van der Waals surface area (Å²) >= 11 is 0. The minimum Gasteiger partial charge on any atom is -0.491 e. The SMILES string of the molecule is N=C(N)c1ccncc1N1CCOc2ccccc2C1. The predicted molar refractivity (Wildman–Crippen MR) is 78.2 cm³/mol. The van der Waals surface area contributed by atoms with Crippen LogP contribution in [0.2, 0.25) is 0 Å². The van der Waals surface area contributed by atoms with Crippen LogP contribution in [-0.2, 0) is 6.54 Å². The quantitative estimate of drug-likeness (QED) is 0.643. The first-order chi connectivity index (χ1) is 9.75. The van der Waals surface area contributed by atoms with E-state index >= 15 is 0 Å². The van der Waals surface area contributed by atoms with Crippen LogP contribution in [0.5, 0.6) is 5.75 Å². The van der Waals surface area contributed by atoms with Crippen LogP contribution in [0.4, 0.5) is 5.69 Å². The van der Waals surface area contributed by atoms with Crippen molar-refractivity contribution in [1.82, 2.24) is 4.98 Å². The Hall–Kier alpha value is -2.56. The maximum absolute atomic E-state index is 7.69. The van der Waals surface area contributed by atoms with Crippen molar-refractivity contribution in [2.45, 2.75) is 6.54 Å². The van der Waals surface area contributed by atoms with Gasteiger partial charge in [-0.3, -0.25) is 10.4 Å². The lowest BCUT2D eigenvalue weighted by Crippen LogP contribution is -2.28. The molecule has 0 unspecified atom stereocenters. The number of nitrogens with zero attached hydrogens (tertiary/aromatic N) is 2. The number of nitrogen functional groups attached to an aromatic ring is 1. The number of nitrogens with two attached hydrogens (primary N) is 1. The summed E-state index contributed by atoms with van der Waals surface area (Å²) < 4.78 is 5.75. The molecule has 5 nitrogen and oxygen atoms in total. The summed E-state index contributed by atoms with van der Waals surface area (Å²) in [7, 11) is 0. The van der Waals surface area contributed by atoms with Crippen molar-refractivity contribution in [3.63, 3.8) is 0 Å². The van der Waals surface area contributed by atoms with Gasteiger partial charge in [0.15, 0.2) is 0 Å². The van der Waals surface area contributed by atoms with E-state index in [1.807, 2.05) is 18.2 Å². The minimum absolute atomic E-state index is 0.0563. The number of fused-ring (bicyclic) bond motifs is 1. The van der Waals surface area contributed by atoms with Gasteiger partial charge in [-0.15, -0.1) is 0 Å². The van der Waals surface area contributed by atoms with Gasteiger partial charge >= 0.3 is 0 Å². The van der Waals surface area contributed by atoms with Crippen molar-refractivity contribution in [3.05, 3.63) is 53.9 Å². The highest BCUT2D eigenvalue weighted by Crippen LogP contribution is 2.27. The number of rotatable bonds is 2. The van der Waals surface area contributed by atoms with Crippen LogP contribution in [0.1, 0.15) is 11.1 Å². The molecule has 0 amide bonds. The van der Waals surface area contributed by atoms with Crippen LogP contribution in [-0.4, -0.2) is 24.0 Å². The number of hydrogen-bond donors (Lipinski definition) is 2. The van der Waals surface area contributed by atoms with Crippen molar-refractivity contribution in [1.29, 1.82) is 5.41 Å². The summed E-state index contributed by atoms with van der Waals surface area (Å²) in [5.74, 6) is 0.976. The fourth-order valence-electron chi connectivity index (χ4n) is 2.40. The molecule has 3 rings (SSSR count). The first kappa shape index (κ1) is 12.5. The van der Waals surface area contributed by atoms with Gasteiger partial charge in [-0.1, -0.05) is 18.2 Å². The third kappa shape index (κ3) is 2.30. The van der Waals surface area contributed by atoms with E-state index in [2.05, 4.69) is 16.0 Å². The maximum atomic E-state index is 7.69. The standard InChI is InChI=1S/C15H16N4O/c16-15(17)12-5-6-18-9-13(12)19-7-8-20-14-4-2-1-3-11(14)10-19/h1-6,9H,7-8,10H2,(H3,16,17). The van der Waals surface area contributed by atoms with Crippen molar-refractivity contribution in [3.8, 4) is 5.75 Å². The summed E-state index contributed by atoms with van der Waals surface area (Å²) in [6.07, 6.45) is 3.41. The highest BCUT2D eigenvalue weighted by atomic mass is 16.5. The first-order valence-electron chi connectivity index (χ1n) is 6.50. The van der Waals surface area contributed by atoms with Crippen molar-refractivity contribution in [2.24, 2.45) is 5.73 Å². The zero-order valence-corrected chi connectivity index (χ0v) is 11.0. The normalized spacial score (nSPS) is 14.1. The fourth-order valence-corrected chi connectivity index (χ4v) is 2.40. The van der Waals surface area contributed by atoms with Crippen LogP contribution in [0, 0.1) is 5.41 Å². The first-order valence-corrected chi connectivity index (χ1v) is 6.50. The van der Waals surface area contributed by atoms with Crippen LogP contribution < -0.4 is 15.4 Å². The number of ether oxygens (including phenoxy) is 1. The molecule has 0 aliphatic carbocycles. The Bertz CT molecular complexity index is 641. The van der Waals surface area contributed by atoms with Crippen molar-refractivity contribution >= 4 is 11.5 Å². The predicted octanol–water partition coefficient (Wildman–Crippen LogP) is 1.76. The zero-order chi connectivity index (χ0) is 13.9. The number of nitrogens with one attached hydrogen (secondary N) is 1. The van der Waals surface area contributed by atoms with Gasteiger partial charge in [0.1, 0.15) is 18.2 Å². The molecule has 0 spiro atoms. The molecule has 2 heterocycles.